The zero-order valence-electron chi connectivity index (χ0n) is 11.5. The molecule has 0 aliphatic rings. The summed E-state index contributed by atoms with van der Waals surface area (Å²) in [6.07, 6.45) is 3.19. The number of hydrogen-bond acceptors (Lipinski definition) is 4. The maximum Gasteiger partial charge on any atom is 0.212 e. The summed E-state index contributed by atoms with van der Waals surface area (Å²) in [6, 6.07) is 3.47. The predicted octanol–water partition coefficient (Wildman–Crippen LogP) is 2.14. The summed E-state index contributed by atoms with van der Waals surface area (Å²) in [5.41, 5.74) is 1.86. The highest BCUT2D eigenvalue weighted by Crippen LogP contribution is 2.16. The van der Waals surface area contributed by atoms with E-state index in [1.54, 1.807) is 30.1 Å². The van der Waals surface area contributed by atoms with Gasteiger partial charge in [0.25, 0.3) is 0 Å². The highest BCUT2D eigenvalue weighted by Gasteiger charge is 2.15. The molecule has 0 aromatic carbocycles. The van der Waals surface area contributed by atoms with Gasteiger partial charge in [-0.3, -0.25) is 14.5 Å². The molecule has 0 spiro atoms. The summed E-state index contributed by atoms with van der Waals surface area (Å²) >= 11 is 0. The standard InChI is InChI=1S/C14H17N3O2/c1-9(2)19-12-6-11(7-15-8-12)14(18)13-5-10(3)16-17(13)4/h5-9H,1-4H3. The lowest BCUT2D eigenvalue weighted by molar-refractivity contribution is 0.102. The van der Waals surface area contributed by atoms with Gasteiger partial charge >= 0.3 is 0 Å². The molecule has 0 radical (unpaired) electrons. The summed E-state index contributed by atoms with van der Waals surface area (Å²) in [7, 11) is 1.75. The normalized spacial score (nSPS) is 10.8. The van der Waals surface area contributed by atoms with E-state index in [2.05, 4.69) is 10.1 Å². The topological polar surface area (TPSA) is 57.0 Å². The largest absolute Gasteiger partial charge is 0.489 e. The van der Waals surface area contributed by atoms with Gasteiger partial charge in [0, 0.05) is 18.8 Å². The average molecular weight is 259 g/mol. The van der Waals surface area contributed by atoms with Crippen LogP contribution < -0.4 is 4.74 Å². The highest BCUT2D eigenvalue weighted by molar-refractivity contribution is 6.07. The van der Waals surface area contributed by atoms with Crippen molar-refractivity contribution in [1.82, 2.24) is 14.8 Å². The van der Waals surface area contributed by atoms with Crippen LogP contribution in [0.15, 0.2) is 24.5 Å². The number of aromatic nitrogens is 3. The molecule has 19 heavy (non-hydrogen) atoms. The third-order valence-electron chi connectivity index (χ3n) is 2.58. The van der Waals surface area contributed by atoms with Gasteiger partial charge in [0.05, 0.1) is 18.0 Å². The Morgan fingerprint density at radius 2 is 2.05 bits per heavy atom. The fraction of sp³-hybridized carbons (Fsp3) is 0.357. The highest BCUT2D eigenvalue weighted by atomic mass is 16.5. The van der Waals surface area contributed by atoms with Gasteiger partial charge in [-0.15, -0.1) is 0 Å². The van der Waals surface area contributed by atoms with Crippen molar-refractivity contribution < 1.29 is 9.53 Å². The molecule has 100 valence electrons. The van der Waals surface area contributed by atoms with E-state index in [0.717, 1.165) is 5.69 Å². The molecule has 0 aliphatic carbocycles. The summed E-state index contributed by atoms with van der Waals surface area (Å²) in [5.74, 6) is 0.490. The fourth-order valence-corrected chi connectivity index (χ4v) is 1.85. The predicted molar refractivity (Wildman–Crippen MR) is 71.4 cm³/mol. The minimum absolute atomic E-state index is 0.0473. The Balaban J connectivity index is 2.31. The van der Waals surface area contributed by atoms with Crippen LogP contribution in [0.5, 0.6) is 5.75 Å². The second-order valence-corrected chi connectivity index (χ2v) is 4.70. The van der Waals surface area contributed by atoms with Crippen LogP contribution in [0.1, 0.15) is 35.6 Å². The molecular formula is C14H17N3O2. The number of ether oxygens (including phenoxy) is 1. The first-order chi connectivity index (χ1) is 8.97. The molecule has 2 aromatic heterocycles. The Morgan fingerprint density at radius 3 is 2.63 bits per heavy atom. The fourth-order valence-electron chi connectivity index (χ4n) is 1.85. The summed E-state index contributed by atoms with van der Waals surface area (Å²) in [4.78, 5) is 16.4. The lowest BCUT2D eigenvalue weighted by atomic mass is 10.1. The minimum Gasteiger partial charge on any atom is -0.489 e. The maximum atomic E-state index is 12.4. The van der Waals surface area contributed by atoms with Gasteiger partial charge in [-0.2, -0.15) is 5.10 Å². The van der Waals surface area contributed by atoms with E-state index in [1.807, 2.05) is 20.8 Å². The van der Waals surface area contributed by atoms with E-state index in [1.165, 1.54) is 6.20 Å². The van der Waals surface area contributed by atoms with Crippen LogP contribution >= 0.6 is 0 Å². The van der Waals surface area contributed by atoms with Gasteiger partial charge in [-0.1, -0.05) is 0 Å². The zero-order valence-corrected chi connectivity index (χ0v) is 11.5. The van der Waals surface area contributed by atoms with Gasteiger partial charge in [-0.25, -0.2) is 0 Å². The number of carbonyl (C=O) groups excluding carboxylic acids is 1. The number of nitrogens with zero attached hydrogens (tertiary/aromatic N) is 3. The Labute approximate surface area is 112 Å². The van der Waals surface area contributed by atoms with E-state index >= 15 is 0 Å². The SMILES string of the molecule is Cc1cc(C(=O)c2cncc(OC(C)C)c2)n(C)n1. The van der Waals surface area contributed by atoms with E-state index < -0.39 is 0 Å². The van der Waals surface area contributed by atoms with Gasteiger partial charge in [-0.05, 0) is 32.9 Å². The van der Waals surface area contributed by atoms with Gasteiger partial charge in [0.15, 0.2) is 0 Å². The summed E-state index contributed by atoms with van der Waals surface area (Å²) in [5, 5.41) is 4.17. The molecule has 2 heterocycles. The molecule has 0 unspecified atom stereocenters. The van der Waals surface area contributed by atoms with Crippen molar-refractivity contribution in [2.45, 2.75) is 26.9 Å². The van der Waals surface area contributed by atoms with Crippen LogP contribution in [0.4, 0.5) is 0 Å². The second-order valence-electron chi connectivity index (χ2n) is 4.70. The van der Waals surface area contributed by atoms with Crippen molar-refractivity contribution >= 4 is 5.78 Å². The van der Waals surface area contributed by atoms with E-state index in [9.17, 15) is 4.79 Å². The molecule has 2 aromatic rings. The first kappa shape index (κ1) is 13.3. The molecule has 5 heteroatoms. The van der Waals surface area contributed by atoms with E-state index in [0.29, 0.717) is 17.0 Å². The van der Waals surface area contributed by atoms with Crippen LogP contribution in [0.2, 0.25) is 0 Å². The molecule has 0 aliphatic heterocycles. The van der Waals surface area contributed by atoms with Crippen LogP contribution in [-0.2, 0) is 7.05 Å². The number of hydrogen-bond donors (Lipinski definition) is 0. The molecule has 5 nitrogen and oxygen atoms in total. The first-order valence-corrected chi connectivity index (χ1v) is 6.14. The summed E-state index contributed by atoms with van der Waals surface area (Å²) < 4.78 is 7.12. The summed E-state index contributed by atoms with van der Waals surface area (Å²) in [6.45, 7) is 5.71. The van der Waals surface area contributed by atoms with Crippen molar-refractivity contribution in [2.24, 2.45) is 7.05 Å². The monoisotopic (exact) mass is 259 g/mol. The zero-order chi connectivity index (χ0) is 14.0. The Morgan fingerprint density at radius 1 is 1.32 bits per heavy atom. The van der Waals surface area contributed by atoms with Gasteiger partial charge in [0.2, 0.25) is 5.78 Å². The van der Waals surface area contributed by atoms with E-state index in [-0.39, 0.29) is 11.9 Å². The molecule has 2 rings (SSSR count). The molecule has 0 saturated carbocycles. The van der Waals surface area contributed by atoms with Crippen molar-refractivity contribution in [1.29, 1.82) is 0 Å². The van der Waals surface area contributed by atoms with Crippen molar-refractivity contribution in [3.8, 4) is 5.75 Å². The molecular weight excluding hydrogens is 242 g/mol. The molecule has 0 fully saturated rings. The Kier molecular flexibility index (Phi) is 3.64. The minimum atomic E-state index is -0.107. The Bertz CT molecular complexity index is 602. The molecule has 0 atom stereocenters. The lowest BCUT2D eigenvalue weighted by Gasteiger charge is -2.09. The van der Waals surface area contributed by atoms with Gasteiger partial charge < -0.3 is 4.74 Å². The Hall–Kier alpha value is -2.17. The third kappa shape index (κ3) is 2.99. The first-order valence-electron chi connectivity index (χ1n) is 6.14. The molecule has 0 N–H and O–H groups in total. The van der Waals surface area contributed by atoms with Crippen LogP contribution in [0, 0.1) is 6.92 Å². The van der Waals surface area contributed by atoms with Gasteiger partial charge in [0.1, 0.15) is 11.4 Å². The number of rotatable bonds is 4. The van der Waals surface area contributed by atoms with E-state index in [4.69, 9.17) is 4.74 Å². The van der Waals surface area contributed by atoms with Crippen molar-refractivity contribution in [3.05, 3.63) is 41.5 Å². The van der Waals surface area contributed by atoms with Crippen molar-refractivity contribution in [2.75, 3.05) is 0 Å². The number of pyridine rings is 1. The van der Waals surface area contributed by atoms with Crippen LogP contribution in [-0.4, -0.2) is 26.7 Å². The lowest BCUT2D eigenvalue weighted by Crippen LogP contribution is -2.10. The second kappa shape index (κ2) is 5.22. The smallest absolute Gasteiger partial charge is 0.212 e. The number of carbonyl (C=O) groups is 1. The number of aryl methyl sites for hydroxylation is 2. The quantitative estimate of drug-likeness (QED) is 0.789. The number of ketones is 1. The maximum absolute atomic E-state index is 12.4. The van der Waals surface area contributed by atoms with Crippen LogP contribution in [0.3, 0.4) is 0 Å². The third-order valence-corrected chi connectivity index (χ3v) is 2.58. The molecule has 0 bridgehead atoms. The van der Waals surface area contributed by atoms with Crippen molar-refractivity contribution in [3.63, 3.8) is 0 Å². The van der Waals surface area contributed by atoms with Crippen LogP contribution in [0.25, 0.3) is 0 Å². The molecule has 0 saturated heterocycles. The molecule has 0 amide bonds. The average Bonchev–Trinajstić information content (AvgIpc) is 2.67.